The van der Waals surface area contributed by atoms with E-state index in [1.165, 1.54) is 25.8 Å². The smallest absolute Gasteiger partial charge is 0.134 e. The fourth-order valence-corrected chi connectivity index (χ4v) is 3.32. The summed E-state index contributed by atoms with van der Waals surface area (Å²) in [5.41, 5.74) is 0.425. The van der Waals surface area contributed by atoms with Crippen LogP contribution in [0.15, 0.2) is 12.4 Å². The van der Waals surface area contributed by atoms with E-state index < -0.39 is 0 Å². The Morgan fingerprint density at radius 1 is 0.870 bits per heavy atom. The van der Waals surface area contributed by atoms with E-state index in [-0.39, 0.29) is 0 Å². The van der Waals surface area contributed by atoms with Crippen LogP contribution in [-0.2, 0) is 0 Å². The van der Waals surface area contributed by atoms with Crippen molar-refractivity contribution in [1.29, 1.82) is 0 Å². The molecule has 0 atom stereocenters. The lowest BCUT2D eigenvalue weighted by molar-refractivity contribution is 0.217. The van der Waals surface area contributed by atoms with E-state index in [1.54, 1.807) is 6.33 Å². The summed E-state index contributed by atoms with van der Waals surface area (Å²) in [6.07, 6.45) is 5.56. The summed E-state index contributed by atoms with van der Waals surface area (Å²) in [4.78, 5) is 16.4. The number of nitrogens with zero attached hydrogens (tertiary/aromatic N) is 5. The molecule has 0 amide bonds. The van der Waals surface area contributed by atoms with Gasteiger partial charge in [-0.2, -0.15) is 0 Å². The molecule has 5 nitrogen and oxygen atoms in total. The van der Waals surface area contributed by atoms with E-state index >= 15 is 0 Å². The highest BCUT2D eigenvalue weighted by Gasteiger charge is 2.21. The summed E-state index contributed by atoms with van der Waals surface area (Å²) >= 11 is 0. The standard InChI is InChI=1S/C18H31N5/c1-18(2,3)6-9-21-10-12-23(13-11-21)17-14-16(19-15-20-17)22-7-4-5-8-22/h14-15H,4-13H2,1-3H3. The molecule has 3 rings (SSSR count). The molecule has 23 heavy (non-hydrogen) atoms. The van der Waals surface area contributed by atoms with Gasteiger partial charge < -0.3 is 9.80 Å². The van der Waals surface area contributed by atoms with Crippen molar-refractivity contribution in [2.45, 2.75) is 40.0 Å². The summed E-state index contributed by atoms with van der Waals surface area (Å²) in [6, 6.07) is 2.18. The third kappa shape index (κ3) is 4.56. The zero-order chi connectivity index (χ0) is 16.3. The number of rotatable bonds is 4. The first-order chi connectivity index (χ1) is 11.0. The van der Waals surface area contributed by atoms with Crippen molar-refractivity contribution in [2.75, 3.05) is 55.6 Å². The van der Waals surface area contributed by atoms with Crippen LogP contribution in [0.1, 0.15) is 40.0 Å². The molecule has 128 valence electrons. The zero-order valence-electron chi connectivity index (χ0n) is 15.0. The minimum absolute atomic E-state index is 0.425. The van der Waals surface area contributed by atoms with Crippen LogP contribution in [0, 0.1) is 5.41 Å². The SMILES string of the molecule is CC(C)(C)CCN1CCN(c2cc(N3CCCC3)ncn2)CC1. The summed E-state index contributed by atoms with van der Waals surface area (Å²) in [5, 5.41) is 0. The van der Waals surface area contributed by atoms with E-state index in [2.05, 4.69) is 51.5 Å². The Morgan fingerprint density at radius 3 is 2.00 bits per heavy atom. The van der Waals surface area contributed by atoms with Gasteiger partial charge in [-0.25, -0.2) is 9.97 Å². The predicted octanol–water partition coefficient (Wildman–Crippen LogP) is 2.64. The lowest BCUT2D eigenvalue weighted by Gasteiger charge is -2.36. The van der Waals surface area contributed by atoms with Crippen molar-refractivity contribution < 1.29 is 0 Å². The van der Waals surface area contributed by atoms with Crippen LogP contribution >= 0.6 is 0 Å². The van der Waals surface area contributed by atoms with Crippen LogP contribution in [-0.4, -0.2) is 60.7 Å². The second-order valence-electron chi connectivity index (χ2n) is 8.07. The number of hydrogen-bond acceptors (Lipinski definition) is 5. The van der Waals surface area contributed by atoms with E-state index in [0.717, 1.165) is 50.9 Å². The molecule has 5 heteroatoms. The van der Waals surface area contributed by atoms with Crippen molar-refractivity contribution in [3.8, 4) is 0 Å². The second-order valence-corrected chi connectivity index (χ2v) is 8.07. The van der Waals surface area contributed by atoms with Crippen molar-refractivity contribution in [2.24, 2.45) is 5.41 Å². The lowest BCUT2D eigenvalue weighted by atomic mass is 9.92. The van der Waals surface area contributed by atoms with Gasteiger partial charge in [0.15, 0.2) is 0 Å². The van der Waals surface area contributed by atoms with Gasteiger partial charge in [0, 0.05) is 45.3 Å². The van der Waals surface area contributed by atoms with Gasteiger partial charge in [0.1, 0.15) is 18.0 Å². The Morgan fingerprint density at radius 2 is 1.43 bits per heavy atom. The highest BCUT2D eigenvalue weighted by molar-refractivity contribution is 5.50. The lowest BCUT2D eigenvalue weighted by Crippen LogP contribution is -2.47. The first kappa shape index (κ1) is 16.5. The van der Waals surface area contributed by atoms with Crippen molar-refractivity contribution in [3.63, 3.8) is 0 Å². The van der Waals surface area contributed by atoms with Gasteiger partial charge in [-0.15, -0.1) is 0 Å². The highest BCUT2D eigenvalue weighted by Crippen LogP contribution is 2.23. The Kier molecular flexibility index (Phi) is 5.05. The molecule has 1 aromatic rings. The van der Waals surface area contributed by atoms with E-state index in [4.69, 9.17) is 0 Å². The van der Waals surface area contributed by atoms with Crippen molar-refractivity contribution in [1.82, 2.24) is 14.9 Å². The van der Waals surface area contributed by atoms with Crippen molar-refractivity contribution in [3.05, 3.63) is 12.4 Å². The van der Waals surface area contributed by atoms with Crippen LogP contribution in [0.25, 0.3) is 0 Å². The molecule has 2 aliphatic heterocycles. The third-order valence-electron chi connectivity index (χ3n) is 4.94. The first-order valence-corrected chi connectivity index (χ1v) is 9.06. The molecule has 0 aromatic carbocycles. The number of hydrogen-bond donors (Lipinski definition) is 0. The fraction of sp³-hybridized carbons (Fsp3) is 0.778. The predicted molar refractivity (Wildman–Crippen MR) is 96.2 cm³/mol. The van der Waals surface area contributed by atoms with Crippen molar-refractivity contribution >= 4 is 11.6 Å². The maximum atomic E-state index is 4.51. The normalized spacial score (nSPS) is 20.3. The molecule has 0 radical (unpaired) electrons. The molecule has 0 bridgehead atoms. The molecule has 0 aliphatic carbocycles. The molecule has 0 N–H and O–H groups in total. The van der Waals surface area contributed by atoms with Crippen LogP contribution in [0.2, 0.25) is 0 Å². The zero-order valence-corrected chi connectivity index (χ0v) is 15.0. The Hall–Kier alpha value is -1.36. The summed E-state index contributed by atoms with van der Waals surface area (Å²) in [5.74, 6) is 2.19. The second kappa shape index (κ2) is 7.04. The Bertz CT molecular complexity index is 496. The van der Waals surface area contributed by atoms with Crippen LogP contribution in [0.4, 0.5) is 11.6 Å². The molecular formula is C18H31N5. The highest BCUT2D eigenvalue weighted by atomic mass is 15.3. The molecule has 1 aromatic heterocycles. The average Bonchev–Trinajstić information content (AvgIpc) is 3.07. The molecule has 0 unspecified atom stereocenters. The van der Waals surface area contributed by atoms with Crippen LogP contribution < -0.4 is 9.80 Å². The summed E-state index contributed by atoms with van der Waals surface area (Å²) < 4.78 is 0. The van der Waals surface area contributed by atoms with Gasteiger partial charge in [0.2, 0.25) is 0 Å². The molecule has 2 aliphatic rings. The summed E-state index contributed by atoms with van der Waals surface area (Å²) in [7, 11) is 0. The van der Waals surface area contributed by atoms with E-state index in [1.807, 2.05) is 0 Å². The monoisotopic (exact) mass is 317 g/mol. The fourth-order valence-electron chi connectivity index (χ4n) is 3.32. The van der Waals surface area contributed by atoms with Crippen LogP contribution in [0.5, 0.6) is 0 Å². The van der Waals surface area contributed by atoms with E-state index in [9.17, 15) is 0 Å². The largest absolute Gasteiger partial charge is 0.356 e. The third-order valence-corrected chi connectivity index (χ3v) is 4.94. The number of anilines is 2. The maximum Gasteiger partial charge on any atom is 0.134 e. The Balaban J connectivity index is 1.54. The number of aromatic nitrogens is 2. The molecule has 0 spiro atoms. The van der Waals surface area contributed by atoms with Gasteiger partial charge in [-0.05, 0) is 31.2 Å². The molecule has 3 heterocycles. The molecule has 2 saturated heterocycles. The maximum absolute atomic E-state index is 4.51. The molecule has 0 saturated carbocycles. The molecular weight excluding hydrogens is 286 g/mol. The minimum atomic E-state index is 0.425. The Labute approximate surface area is 140 Å². The first-order valence-electron chi connectivity index (χ1n) is 9.06. The number of piperazine rings is 1. The van der Waals surface area contributed by atoms with Gasteiger partial charge in [-0.3, -0.25) is 4.90 Å². The van der Waals surface area contributed by atoms with Gasteiger partial charge >= 0.3 is 0 Å². The topological polar surface area (TPSA) is 35.5 Å². The van der Waals surface area contributed by atoms with E-state index in [0.29, 0.717) is 5.41 Å². The van der Waals surface area contributed by atoms with Gasteiger partial charge in [0.25, 0.3) is 0 Å². The van der Waals surface area contributed by atoms with Gasteiger partial charge in [-0.1, -0.05) is 20.8 Å². The summed E-state index contributed by atoms with van der Waals surface area (Å²) in [6.45, 7) is 14.9. The minimum Gasteiger partial charge on any atom is -0.356 e. The van der Waals surface area contributed by atoms with Crippen LogP contribution in [0.3, 0.4) is 0 Å². The average molecular weight is 317 g/mol. The van der Waals surface area contributed by atoms with Gasteiger partial charge in [0.05, 0.1) is 0 Å². The molecule has 2 fully saturated rings. The quantitative estimate of drug-likeness (QED) is 0.853.